The Morgan fingerprint density at radius 1 is 1.07 bits per heavy atom. The molecule has 30 heavy (non-hydrogen) atoms. The highest BCUT2D eigenvalue weighted by molar-refractivity contribution is 6.30. The zero-order valence-electron chi connectivity index (χ0n) is 16.5. The van der Waals surface area contributed by atoms with Crippen LogP contribution in [0, 0.1) is 0 Å². The van der Waals surface area contributed by atoms with Crippen molar-refractivity contribution < 1.29 is 9.21 Å². The first kappa shape index (κ1) is 18.7. The largest absolute Gasteiger partial charge is 0.459 e. The van der Waals surface area contributed by atoms with Crippen LogP contribution in [-0.4, -0.2) is 20.6 Å². The van der Waals surface area contributed by atoms with Gasteiger partial charge >= 0.3 is 0 Å². The van der Waals surface area contributed by atoms with E-state index < -0.39 is 0 Å². The fourth-order valence-corrected chi connectivity index (χ4v) is 4.14. The molecule has 0 unspecified atom stereocenters. The third kappa shape index (κ3) is 3.12. The maximum absolute atomic E-state index is 12.8. The fourth-order valence-electron chi connectivity index (χ4n) is 4.01. The molecule has 1 aliphatic rings. The van der Waals surface area contributed by atoms with Gasteiger partial charge in [0, 0.05) is 16.1 Å². The molecule has 1 amide bonds. The average molecular weight is 418 g/mol. The molecule has 4 aromatic rings. The molecule has 0 saturated heterocycles. The molecule has 1 aliphatic heterocycles. The molecule has 0 aliphatic carbocycles. The molecular weight excluding hydrogens is 398 g/mol. The lowest BCUT2D eigenvalue weighted by Crippen LogP contribution is -2.25. The smallest absolute Gasteiger partial charge is 0.290 e. The summed E-state index contributed by atoms with van der Waals surface area (Å²) in [5.41, 5.74) is 6.26. The van der Waals surface area contributed by atoms with Gasteiger partial charge in [0.2, 0.25) is 0 Å². The number of aryl methyl sites for hydroxylation is 1. The maximum atomic E-state index is 12.8. The zero-order valence-corrected chi connectivity index (χ0v) is 17.3. The van der Waals surface area contributed by atoms with Crippen molar-refractivity contribution >= 4 is 17.5 Å². The van der Waals surface area contributed by atoms with E-state index >= 15 is 0 Å². The molecule has 5 nitrogen and oxygen atoms in total. The molecule has 0 saturated carbocycles. The number of carbonyl (C=O) groups is 1. The number of carbonyl (C=O) groups excluding carboxylic acids is 1. The molecule has 0 N–H and O–H groups in total. The molecule has 5 rings (SSSR count). The van der Waals surface area contributed by atoms with Gasteiger partial charge in [-0.2, -0.15) is 5.10 Å². The lowest BCUT2D eigenvalue weighted by Gasteiger charge is -2.17. The first-order chi connectivity index (χ1) is 14.7. The lowest BCUT2D eigenvalue weighted by molar-refractivity contribution is 0.0717. The first-order valence-electron chi connectivity index (χ1n) is 9.93. The van der Waals surface area contributed by atoms with E-state index in [-0.39, 0.29) is 5.91 Å². The second kappa shape index (κ2) is 7.50. The third-order valence-electron chi connectivity index (χ3n) is 5.49. The Balaban J connectivity index is 1.62. The Bertz CT molecular complexity index is 1210. The van der Waals surface area contributed by atoms with Gasteiger partial charge in [-0.25, -0.2) is 4.68 Å². The van der Waals surface area contributed by atoms with Crippen molar-refractivity contribution in [3.63, 3.8) is 0 Å². The minimum absolute atomic E-state index is 0.124. The van der Waals surface area contributed by atoms with Crippen LogP contribution in [0.25, 0.3) is 16.9 Å². The molecule has 0 atom stereocenters. The summed E-state index contributed by atoms with van der Waals surface area (Å²) in [6.45, 7) is 3.08. The summed E-state index contributed by atoms with van der Waals surface area (Å²) in [5.74, 6) is 0.220. The molecule has 2 aromatic carbocycles. The van der Waals surface area contributed by atoms with Crippen molar-refractivity contribution in [2.24, 2.45) is 0 Å². The van der Waals surface area contributed by atoms with E-state index in [1.54, 1.807) is 17.0 Å². The molecule has 150 valence electrons. The summed E-state index contributed by atoms with van der Waals surface area (Å²) >= 11 is 6.13. The van der Waals surface area contributed by atoms with Gasteiger partial charge in [-0.1, -0.05) is 48.9 Å². The molecule has 0 fully saturated rings. The van der Waals surface area contributed by atoms with Gasteiger partial charge in [-0.05, 0) is 42.3 Å². The van der Waals surface area contributed by atoms with E-state index in [4.69, 9.17) is 21.1 Å². The van der Waals surface area contributed by atoms with Gasteiger partial charge < -0.3 is 9.32 Å². The number of amides is 1. The van der Waals surface area contributed by atoms with Gasteiger partial charge in [0.1, 0.15) is 0 Å². The maximum Gasteiger partial charge on any atom is 0.290 e. The third-order valence-corrected chi connectivity index (χ3v) is 5.75. The van der Waals surface area contributed by atoms with Gasteiger partial charge in [0.15, 0.2) is 5.76 Å². The van der Waals surface area contributed by atoms with Crippen molar-refractivity contribution in [1.29, 1.82) is 0 Å². The number of hydrogen-bond donors (Lipinski definition) is 0. The second-order valence-electron chi connectivity index (χ2n) is 7.31. The molecule has 0 spiro atoms. The molecule has 0 bridgehead atoms. The number of hydrogen-bond acceptors (Lipinski definition) is 3. The van der Waals surface area contributed by atoms with Crippen LogP contribution in [0.4, 0.5) is 0 Å². The summed E-state index contributed by atoms with van der Waals surface area (Å²) < 4.78 is 7.32. The average Bonchev–Trinajstić information content (AvgIpc) is 3.50. The van der Waals surface area contributed by atoms with Crippen LogP contribution in [0.2, 0.25) is 5.02 Å². The monoisotopic (exact) mass is 417 g/mol. The van der Waals surface area contributed by atoms with Crippen LogP contribution in [0.1, 0.15) is 34.3 Å². The molecule has 3 heterocycles. The predicted octanol–water partition coefficient (Wildman–Crippen LogP) is 5.50. The Morgan fingerprint density at radius 3 is 2.60 bits per heavy atom. The second-order valence-corrected chi connectivity index (χ2v) is 7.75. The van der Waals surface area contributed by atoms with Crippen molar-refractivity contribution in [3.8, 4) is 16.9 Å². The fraction of sp³-hybridized carbons (Fsp3) is 0.167. The van der Waals surface area contributed by atoms with Crippen LogP contribution >= 0.6 is 11.6 Å². The predicted molar refractivity (Wildman–Crippen MR) is 116 cm³/mol. The topological polar surface area (TPSA) is 51.3 Å². The zero-order chi connectivity index (χ0) is 20.7. The van der Waals surface area contributed by atoms with E-state index in [2.05, 4.69) is 19.1 Å². The highest BCUT2D eigenvalue weighted by Crippen LogP contribution is 2.36. The molecule has 2 aromatic heterocycles. The van der Waals surface area contributed by atoms with Crippen molar-refractivity contribution in [1.82, 2.24) is 14.7 Å². The number of rotatable bonds is 4. The number of nitrogens with zero attached hydrogens (tertiary/aromatic N) is 3. The van der Waals surface area contributed by atoms with Crippen LogP contribution in [0.5, 0.6) is 0 Å². The summed E-state index contributed by atoms with van der Waals surface area (Å²) in [6, 6.07) is 19.5. The minimum Gasteiger partial charge on any atom is -0.459 e. The van der Waals surface area contributed by atoms with Crippen LogP contribution in [0.3, 0.4) is 0 Å². The van der Waals surface area contributed by atoms with Gasteiger partial charge in [-0.3, -0.25) is 4.79 Å². The Kier molecular flexibility index (Phi) is 4.68. The summed E-state index contributed by atoms with van der Waals surface area (Å²) in [4.78, 5) is 14.6. The van der Waals surface area contributed by atoms with Crippen LogP contribution < -0.4 is 0 Å². The van der Waals surface area contributed by atoms with E-state index in [1.165, 1.54) is 11.8 Å². The highest BCUT2D eigenvalue weighted by atomic mass is 35.5. The Morgan fingerprint density at radius 2 is 1.87 bits per heavy atom. The van der Waals surface area contributed by atoms with E-state index in [0.717, 1.165) is 34.6 Å². The van der Waals surface area contributed by atoms with Crippen molar-refractivity contribution in [3.05, 3.63) is 94.5 Å². The number of fused-ring (bicyclic) bond motifs is 1. The Labute approximate surface area is 179 Å². The van der Waals surface area contributed by atoms with Crippen molar-refractivity contribution in [2.75, 3.05) is 0 Å². The SMILES string of the molecule is CCc1ccccc1-n1nc2c(c1-c1ccc(Cl)cc1)CN(C(=O)c1ccco1)C2. The number of para-hydroxylation sites is 1. The number of halogens is 1. The number of benzene rings is 2. The number of furan rings is 1. The normalized spacial score (nSPS) is 12.9. The quantitative estimate of drug-likeness (QED) is 0.440. The summed E-state index contributed by atoms with van der Waals surface area (Å²) in [7, 11) is 0. The Hall–Kier alpha value is -3.31. The van der Waals surface area contributed by atoms with E-state index in [1.807, 2.05) is 41.1 Å². The van der Waals surface area contributed by atoms with Crippen molar-refractivity contribution in [2.45, 2.75) is 26.4 Å². The summed E-state index contributed by atoms with van der Waals surface area (Å²) in [6.07, 6.45) is 2.42. The minimum atomic E-state index is -0.124. The van der Waals surface area contributed by atoms with Crippen LogP contribution in [-0.2, 0) is 19.5 Å². The van der Waals surface area contributed by atoms with Gasteiger partial charge in [-0.15, -0.1) is 0 Å². The molecular formula is C24H20ClN3O2. The first-order valence-corrected chi connectivity index (χ1v) is 10.3. The lowest BCUT2D eigenvalue weighted by atomic mass is 10.1. The van der Waals surface area contributed by atoms with E-state index in [0.29, 0.717) is 23.9 Å². The van der Waals surface area contributed by atoms with Gasteiger partial charge in [0.05, 0.1) is 36.4 Å². The molecule has 0 radical (unpaired) electrons. The van der Waals surface area contributed by atoms with Crippen LogP contribution in [0.15, 0.2) is 71.3 Å². The van der Waals surface area contributed by atoms with Gasteiger partial charge in [0.25, 0.3) is 5.91 Å². The van der Waals surface area contributed by atoms with E-state index in [9.17, 15) is 4.79 Å². The highest BCUT2D eigenvalue weighted by Gasteiger charge is 2.32. The standard InChI is InChI=1S/C24H20ClN3O2/c1-2-16-6-3-4-7-21(16)28-23(17-9-11-18(25)12-10-17)19-14-27(15-20(19)26-28)24(29)22-8-5-13-30-22/h3-13H,2,14-15H2,1H3. The number of aromatic nitrogens is 2. The molecule has 6 heteroatoms. The summed E-state index contributed by atoms with van der Waals surface area (Å²) in [5, 5.41) is 5.63.